The Kier molecular flexibility index (Phi) is 13.7. The van der Waals surface area contributed by atoms with E-state index in [2.05, 4.69) is 19.7 Å². The van der Waals surface area contributed by atoms with E-state index in [1.54, 1.807) is 81.5 Å². The first-order chi connectivity index (χ1) is 32.3. The van der Waals surface area contributed by atoms with Gasteiger partial charge in [0.05, 0.1) is 11.1 Å². The molecule has 0 aliphatic carbocycles. The number of ether oxygens (including phenoxy) is 10. The fourth-order valence-electron chi connectivity index (χ4n) is 6.55. The van der Waals surface area contributed by atoms with Gasteiger partial charge >= 0.3 is 17.9 Å². The lowest BCUT2D eigenvalue weighted by molar-refractivity contribution is -0.130. The highest BCUT2D eigenvalue weighted by molar-refractivity contribution is 5.93. The van der Waals surface area contributed by atoms with Crippen LogP contribution in [0.3, 0.4) is 0 Å². The molecule has 0 atom stereocenters. The van der Waals surface area contributed by atoms with Crippen molar-refractivity contribution >= 4 is 30.1 Å². The van der Waals surface area contributed by atoms with E-state index in [1.165, 1.54) is 24.3 Å². The second-order valence-electron chi connectivity index (χ2n) is 16.8. The molecule has 0 amide bonds. The van der Waals surface area contributed by atoms with Gasteiger partial charge in [-0.05, 0) is 115 Å². The van der Waals surface area contributed by atoms with E-state index in [9.17, 15) is 14.4 Å². The quantitative estimate of drug-likeness (QED) is 0.0731. The molecule has 0 bridgehead atoms. The van der Waals surface area contributed by atoms with Crippen LogP contribution in [0.25, 0.3) is 12.2 Å². The molecule has 3 aliphatic rings. The van der Waals surface area contributed by atoms with E-state index >= 15 is 0 Å². The number of benzene rings is 6. The van der Waals surface area contributed by atoms with Gasteiger partial charge in [0.1, 0.15) is 28.7 Å². The van der Waals surface area contributed by atoms with Crippen LogP contribution in [-0.4, -0.2) is 35.3 Å². The Morgan fingerprint density at radius 3 is 1.15 bits per heavy atom. The molecule has 9 rings (SSSR count). The van der Waals surface area contributed by atoms with Crippen molar-refractivity contribution in [1.82, 2.24) is 0 Å². The molecule has 0 saturated heterocycles. The zero-order chi connectivity index (χ0) is 48.8. The standard InChI is InChI=1S/C20H18O6.C18H16O4.C17H16O3/c1-12(2)18(21)23-14-6-8-15(9-7-14)24-19(22)13-5-10-16-17(11-13)26-20(3,4)25-16;1-4-12-5-8-14(9-6-12)20-17(19)13-7-10-15-16(11-13)22-18(2,3)21-15;1-4-12-5-7-13(8-6-12)18-14-9-10-15-16(11-14)20-17(2,3)19-15/h5-11H,1H2,2-4H3;4-11H,1H2,2-3H3;4-11H,1H2,2-3H3. The van der Waals surface area contributed by atoms with Gasteiger partial charge in [-0.3, -0.25) is 0 Å². The van der Waals surface area contributed by atoms with Gasteiger partial charge in [0.15, 0.2) is 34.5 Å². The topological polar surface area (TPSA) is 144 Å². The van der Waals surface area contributed by atoms with E-state index in [4.69, 9.17) is 47.4 Å². The predicted octanol–water partition coefficient (Wildman–Crippen LogP) is 12.6. The summed E-state index contributed by atoms with van der Waals surface area (Å²) in [6.07, 6.45) is 3.53. The average Bonchev–Trinajstić information content (AvgIpc) is 3.92. The monoisotopic (exact) mass is 918 g/mol. The lowest BCUT2D eigenvalue weighted by atomic mass is 10.2. The fraction of sp³-hybridized carbons (Fsp3) is 0.182. The van der Waals surface area contributed by atoms with E-state index in [0.29, 0.717) is 62.7 Å². The van der Waals surface area contributed by atoms with Gasteiger partial charge in [-0.1, -0.05) is 56.2 Å². The zero-order valence-corrected chi connectivity index (χ0v) is 38.7. The molecule has 13 heteroatoms. The molecule has 0 spiro atoms. The Morgan fingerprint density at radius 2 is 0.750 bits per heavy atom. The molecule has 68 heavy (non-hydrogen) atoms. The molecule has 0 saturated carbocycles. The highest BCUT2D eigenvalue weighted by atomic mass is 16.7. The molecule has 6 aromatic rings. The Labute approximate surface area is 394 Å². The second-order valence-corrected chi connectivity index (χ2v) is 16.8. The summed E-state index contributed by atoms with van der Waals surface area (Å²) >= 11 is 0. The summed E-state index contributed by atoms with van der Waals surface area (Å²) in [5, 5.41) is 0. The van der Waals surface area contributed by atoms with Gasteiger partial charge in [0.2, 0.25) is 17.4 Å². The Hall–Kier alpha value is -8.45. The van der Waals surface area contributed by atoms with Gasteiger partial charge in [-0.15, -0.1) is 0 Å². The third-order valence-electron chi connectivity index (χ3n) is 9.68. The van der Waals surface area contributed by atoms with E-state index in [0.717, 1.165) is 28.4 Å². The largest absolute Gasteiger partial charge is 0.457 e. The van der Waals surface area contributed by atoms with Crippen molar-refractivity contribution in [3.8, 4) is 63.2 Å². The third kappa shape index (κ3) is 12.3. The third-order valence-corrected chi connectivity index (χ3v) is 9.68. The lowest BCUT2D eigenvalue weighted by Gasteiger charge is -2.16. The Morgan fingerprint density at radius 1 is 0.426 bits per heavy atom. The van der Waals surface area contributed by atoms with Crippen LogP contribution in [0.2, 0.25) is 0 Å². The first-order valence-electron chi connectivity index (χ1n) is 21.4. The van der Waals surface area contributed by atoms with Crippen molar-refractivity contribution in [3.05, 3.63) is 175 Å². The second kappa shape index (κ2) is 19.6. The highest BCUT2D eigenvalue weighted by Crippen LogP contribution is 2.43. The van der Waals surface area contributed by atoms with Crippen LogP contribution in [0.1, 0.15) is 80.3 Å². The molecule has 6 aromatic carbocycles. The minimum atomic E-state index is -0.762. The number of esters is 3. The Bertz CT molecular complexity index is 2870. The molecular weight excluding hydrogens is 869 g/mol. The van der Waals surface area contributed by atoms with Crippen molar-refractivity contribution < 1.29 is 61.8 Å². The zero-order valence-electron chi connectivity index (χ0n) is 38.7. The maximum Gasteiger partial charge on any atom is 0.343 e. The van der Waals surface area contributed by atoms with Crippen molar-refractivity contribution in [3.63, 3.8) is 0 Å². The summed E-state index contributed by atoms with van der Waals surface area (Å²) in [6, 6.07) is 36.4. The number of carbonyl (C=O) groups is 3. The molecular formula is C55H50O13. The van der Waals surface area contributed by atoms with Crippen LogP contribution in [0, 0.1) is 0 Å². The molecule has 0 unspecified atom stereocenters. The first-order valence-corrected chi connectivity index (χ1v) is 21.4. The smallest absolute Gasteiger partial charge is 0.343 e. The van der Waals surface area contributed by atoms with Crippen LogP contribution < -0.4 is 47.4 Å². The van der Waals surface area contributed by atoms with E-state index < -0.39 is 35.3 Å². The van der Waals surface area contributed by atoms with Gasteiger partial charge in [-0.25, -0.2) is 14.4 Å². The molecule has 348 valence electrons. The molecule has 3 aliphatic heterocycles. The van der Waals surface area contributed by atoms with Crippen LogP contribution in [-0.2, 0) is 4.79 Å². The van der Waals surface area contributed by atoms with Gasteiger partial charge in [0.25, 0.3) is 0 Å². The molecule has 0 fully saturated rings. The van der Waals surface area contributed by atoms with Crippen LogP contribution >= 0.6 is 0 Å². The highest BCUT2D eigenvalue weighted by Gasteiger charge is 2.34. The molecule has 0 aromatic heterocycles. The molecule has 0 N–H and O–H groups in total. The van der Waals surface area contributed by atoms with Crippen molar-refractivity contribution in [2.45, 2.75) is 65.8 Å². The summed E-state index contributed by atoms with van der Waals surface area (Å²) in [5.41, 5.74) is 3.07. The number of carbonyl (C=O) groups excluding carboxylic acids is 3. The summed E-state index contributed by atoms with van der Waals surface area (Å²) in [7, 11) is 0. The molecule has 3 heterocycles. The van der Waals surface area contributed by atoms with Gasteiger partial charge < -0.3 is 47.4 Å². The Balaban J connectivity index is 0.000000152. The fourth-order valence-corrected chi connectivity index (χ4v) is 6.55. The maximum absolute atomic E-state index is 12.3. The maximum atomic E-state index is 12.3. The number of hydrogen-bond donors (Lipinski definition) is 0. The van der Waals surface area contributed by atoms with E-state index in [-0.39, 0.29) is 0 Å². The van der Waals surface area contributed by atoms with Gasteiger partial charge in [-0.2, -0.15) is 0 Å². The first kappa shape index (κ1) is 47.5. The van der Waals surface area contributed by atoms with Gasteiger partial charge in [0, 0.05) is 53.2 Å². The van der Waals surface area contributed by atoms with E-state index in [1.807, 2.05) is 82.3 Å². The van der Waals surface area contributed by atoms with Crippen molar-refractivity contribution in [2.75, 3.05) is 0 Å². The predicted molar refractivity (Wildman–Crippen MR) is 255 cm³/mol. The minimum absolute atomic E-state index is 0.298. The molecule has 13 nitrogen and oxygen atoms in total. The summed E-state index contributed by atoms with van der Waals surface area (Å²) < 4.78 is 55.3. The molecule has 0 radical (unpaired) electrons. The number of hydrogen-bond acceptors (Lipinski definition) is 13. The number of rotatable bonds is 10. The summed E-state index contributed by atoms with van der Waals surface area (Å²) in [5.74, 6) is 2.72. The van der Waals surface area contributed by atoms with Crippen molar-refractivity contribution in [1.29, 1.82) is 0 Å². The van der Waals surface area contributed by atoms with Crippen LogP contribution in [0.4, 0.5) is 0 Å². The normalized spacial score (nSPS) is 14.3. The summed E-state index contributed by atoms with van der Waals surface area (Å²) in [4.78, 5) is 36.0. The average molecular weight is 919 g/mol. The summed E-state index contributed by atoms with van der Waals surface area (Å²) in [6.45, 7) is 23.4. The SMILES string of the molecule is C=C(C)C(=O)Oc1ccc(OC(=O)c2ccc3c(c2)OC(C)(C)O3)cc1.C=Cc1ccc(OC(=O)c2ccc3c(c2)OC(C)(C)O3)cc1.C=Cc1ccc(Oc2ccc3c(c2)OC(C)(C)O3)cc1. The van der Waals surface area contributed by atoms with Crippen LogP contribution in [0.15, 0.2) is 153 Å². The number of fused-ring (bicyclic) bond motifs is 3. The van der Waals surface area contributed by atoms with Crippen LogP contribution in [0.5, 0.6) is 63.2 Å². The lowest BCUT2D eigenvalue weighted by Crippen LogP contribution is -2.29. The minimum Gasteiger partial charge on any atom is -0.457 e. The van der Waals surface area contributed by atoms with Crippen molar-refractivity contribution in [2.24, 2.45) is 0 Å².